The van der Waals surface area contributed by atoms with Crippen LogP contribution in [0.1, 0.15) is 39.5 Å². The predicted octanol–water partition coefficient (Wildman–Crippen LogP) is 5.26. The first-order valence-electron chi connectivity index (χ1n) is 10.2. The van der Waals surface area contributed by atoms with E-state index in [-0.39, 0.29) is 5.78 Å². The number of fused-ring (bicyclic) bond motifs is 3. The molecule has 1 N–H and O–H groups in total. The van der Waals surface area contributed by atoms with Crippen LogP contribution in [0.3, 0.4) is 0 Å². The second kappa shape index (κ2) is 7.12. The van der Waals surface area contributed by atoms with E-state index in [2.05, 4.69) is 12.1 Å². The number of carbonyl (C=O) groups is 1. The van der Waals surface area contributed by atoms with E-state index in [0.717, 1.165) is 22.1 Å². The van der Waals surface area contributed by atoms with Gasteiger partial charge in [0.1, 0.15) is 11.4 Å². The Kier molecular flexibility index (Phi) is 4.41. The molecule has 4 aromatic carbocycles. The van der Waals surface area contributed by atoms with Gasteiger partial charge in [0.05, 0.1) is 6.61 Å². The molecule has 0 amide bonds. The first-order chi connectivity index (χ1) is 14.6. The molecule has 0 heterocycles. The lowest BCUT2D eigenvalue weighted by Gasteiger charge is -2.36. The van der Waals surface area contributed by atoms with Crippen molar-refractivity contribution in [2.24, 2.45) is 0 Å². The monoisotopic (exact) mass is 394 g/mol. The molecule has 0 bridgehead atoms. The SMILES string of the molecule is CCOc1ccc2cc(CC3(O)c4ccccc4C(=O)c4ccccc43)ccc2c1. The fraction of sp³-hybridized carbons (Fsp3) is 0.148. The van der Waals surface area contributed by atoms with Crippen LogP contribution in [0.5, 0.6) is 5.75 Å². The molecule has 0 radical (unpaired) electrons. The molecule has 0 unspecified atom stereocenters. The molecule has 0 spiro atoms. The maximum Gasteiger partial charge on any atom is 0.193 e. The molecule has 0 atom stereocenters. The van der Waals surface area contributed by atoms with Crippen molar-refractivity contribution in [3.05, 3.63) is 113 Å². The first kappa shape index (κ1) is 18.6. The zero-order valence-corrected chi connectivity index (χ0v) is 16.8. The Morgan fingerprint density at radius 1 is 0.800 bits per heavy atom. The number of rotatable bonds is 4. The Morgan fingerprint density at radius 3 is 2.07 bits per heavy atom. The van der Waals surface area contributed by atoms with E-state index in [9.17, 15) is 9.90 Å². The van der Waals surface area contributed by atoms with Gasteiger partial charge in [0, 0.05) is 17.5 Å². The highest BCUT2D eigenvalue weighted by molar-refractivity contribution is 6.13. The molecular formula is C27H22O3. The van der Waals surface area contributed by atoms with Gasteiger partial charge < -0.3 is 9.84 Å². The van der Waals surface area contributed by atoms with E-state index < -0.39 is 5.60 Å². The molecule has 0 fully saturated rings. The molecule has 1 aliphatic carbocycles. The van der Waals surface area contributed by atoms with Crippen LogP contribution >= 0.6 is 0 Å². The second-order valence-corrected chi connectivity index (χ2v) is 7.73. The minimum absolute atomic E-state index is 0.0344. The summed E-state index contributed by atoms with van der Waals surface area (Å²) >= 11 is 0. The maximum absolute atomic E-state index is 13.0. The summed E-state index contributed by atoms with van der Waals surface area (Å²) in [6.45, 7) is 2.60. The number of hydrogen-bond acceptors (Lipinski definition) is 3. The molecule has 1 aliphatic rings. The predicted molar refractivity (Wildman–Crippen MR) is 118 cm³/mol. The van der Waals surface area contributed by atoms with Crippen LogP contribution in [-0.2, 0) is 12.0 Å². The summed E-state index contributed by atoms with van der Waals surface area (Å²) in [4.78, 5) is 13.0. The Labute approximate surface area is 175 Å². The Hall–Kier alpha value is -3.43. The van der Waals surface area contributed by atoms with Gasteiger partial charge >= 0.3 is 0 Å². The van der Waals surface area contributed by atoms with Gasteiger partial charge in [-0.25, -0.2) is 0 Å². The second-order valence-electron chi connectivity index (χ2n) is 7.73. The van der Waals surface area contributed by atoms with Gasteiger partial charge in [0.25, 0.3) is 0 Å². The van der Waals surface area contributed by atoms with Crippen molar-refractivity contribution in [2.75, 3.05) is 6.61 Å². The summed E-state index contributed by atoms with van der Waals surface area (Å²) in [5, 5.41) is 14.1. The first-order valence-corrected chi connectivity index (χ1v) is 10.2. The van der Waals surface area contributed by atoms with Crippen molar-refractivity contribution in [1.82, 2.24) is 0 Å². The number of hydrogen-bond donors (Lipinski definition) is 1. The lowest BCUT2D eigenvalue weighted by atomic mass is 9.71. The molecule has 0 aliphatic heterocycles. The van der Waals surface area contributed by atoms with E-state index in [1.54, 1.807) is 12.1 Å². The van der Waals surface area contributed by atoms with Crippen molar-refractivity contribution in [2.45, 2.75) is 18.9 Å². The van der Waals surface area contributed by atoms with Gasteiger partial charge in [-0.3, -0.25) is 4.79 Å². The van der Waals surface area contributed by atoms with Crippen LogP contribution in [0.15, 0.2) is 84.9 Å². The highest BCUT2D eigenvalue weighted by Gasteiger charge is 2.41. The zero-order valence-electron chi connectivity index (χ0n) is 16.8. The van der Waals surface area contributed by atoms with Crippen LogP contribution in [0.25, 0.3) is 10.8 Å². The number of ether oxygens (including phenoxy) is 1. The Morgan fingerprint density at radius 2 is 1.40 bits per heavy atom. The molecular weight excluding hydrogens is 372 g/mol. The van der Waals surface area contributed by atoms with E-state index >= 15 is 0 Å². The van der Waals surface area contributed by atoms with Crippen LogP contribution in [-0.4, -0.2) is 17.5 Å². The zero-order chi connectivity index (χ0) is 20.7. The number of aliphatic hydroxyl groups is 1. The lowest BCUT2D eigenvalue weighted by Crippen LogP contribution is -2.37. The van der Waals surface area contributed by atoms with Crippen LogP contribution in [0.2, 0.25) is 0 Å². The normalized spacial score (nSPS) is 14.3. The third-order valence-corrected chi connectivity index (χ3v) is 5.88. The van der Waals surface area contributed by atoms with Crippen LogP contribution in [0.4, 0.5) is 0 Å². The largest absolute Gasteiger partial charge is 0.494 e. The molecule has 3 heteroatoms. The molecule has 0 saturated heterocycles. The summed E-state index contributed by atoms with van der Waals surface area (Å²) in [7, 11) is 0. The third-order valence-electron chi connectivity index (χ3n) is 5.88. The molecule has 30 heavy (non-hydrogen) atoms. The average Bonchev–Trinajstić information content (AvgIpc) is 2.78. The van der Waals surface area contributed by atoms with Crippen LogP contribution in [0, 0.1) is 0 Å². The average molecular weight is 394 g/mol. The summed E-state index contributed by atoms with van der Waals surface area (Å²) in [5.41, 5.74) is 2.22. The standard InChI is InChI=1S/C27H22O3/c1-2-30-21-14-13-19-15-18(11-12-20(19)16-21)17-27(29)24-9-5-3-7-22(24)26(28)23-8-4-6-10-25(23)27/h3-16,29H,2,17H2,1H3. The summed E-state index contributed by atoms with van der Waals surface area (Å²) in [6, 6.07) is 27.0. The number of carbonyl (C=O) groups excluding carboxylic acids is 1. The van der Waals surface area contributed by atoms with Crippen molar-refractivity contribution >= 4 is 16.6 Å². The molecule has 3 nitrogen and oxygen atoms in total. The van der Waals surface area contributed by atoms with Crippen molar-refractivity contribution < 1.29 is 14.6 Å². The van der Waals surface area contributed by atoms with Gasteiger partial charge in [-0.1, -0.05) is 72.8 Å². The summed E-state index contributed by atoms with van der Waals surface area (Å²) in [6.07, 6.45) is 0.386. The highest BCUT2D eigenvalue weighted by atomic mass is 16.5. The van der Waals surface area contributed by atoms with Crippen LogP contribution < -0.4 is 4.74 Å². The van der Waals surface area contributed by atoms with Gasteiger partial charge in [0.2, 0.25) is 0 Å². The van der Waals surface area contributed by atoms with E-state index in [1.807, 2.05) is 67.6 Å². The topological polar surface area (TPSA) is 46.5 Å². The third kappa shape index (κ3) is 2.90. The molecule has 0 aromatic heterocycles. The quantitative estimate of drug-likeness (QED) is 0.513. The molecule has 4 aromatic rings. The van der Waals surface area contributed by atoms with Gasteiger partial charge in [-0.15, -0.1) is 0 Å². The van der Waals surface area contributed by atoms with Gasteiger partial charge in [0.15, 0.2) is 5.78 Å². The van der Waals surface area contributed by atoms with Crippen molar-refractivity contribution in [3.8, 4) is 5.75 Å². The highest BCUT2D eigenvalue weighted by Crippen LogP contribution is 2.42. The molecule has 148 valence electrons. The minimum atomic E-state index is -1.26. The van der Waals surface area contributed by atoms with Crippen molar-refractivity contribution in [1.29, 1.82) is 0 Å². The van der Waals surface area contributed by atoms with E-state index in [1.165, 1.54) is 0 Å². The van der Waals surface area contributed by atoms with E-state index in [0.29, 0.717) is 35.3 Å². The summed E-state index contributed by atoms with van der Waals surface area (Å²) in [5.74, 6) is 0.817. The van der Waals surface area contributed by atoms with Gasteiger partial charge in [-0.2, -0.15) is 0 Å². The number of ketones is 1. The molecule has 0 saturated carbocycles. The fourth-order valence-corrected chi connectivity index (χ4v) is 4.50. The van der Waals surface area contributed by atoms with Crippen molar-refractivity contribution in [3.63, 3.8) is 0 Å². The lowest BCUT2D eigenvalue weighted by molar-refractivity contribution is 0.0721. The number of benzene rings is 4. The minimum Gasteiger partial charge on any atom is -0.494 e. The van der Waals surface area contributed by atoms with Gasteiger partial charge in [-0.05, 0) is 46.5 Å². The smallest absolute Gasteiger partial charge is 0.193 e. The maximum atomic E-state index is 13.0. The summed E-state index contributed by atoms with van der Waals surface area (Å²) < 4.78 is 5.60. The fourth-order valence-electron chi connectivity index (χ4n) is 4.50. The Balaban J connectivity index is 1.61. The Bertz CT molecular complexity index is 1220. The van der Waals surface area contributed by atoms with E-state index in [4.69, 9.17) is 4.74 Å². The molecule has 5 rings (SSSR count).